The number of aryl methyl sites for hydroxylation is 1. The lowest BCUT2D eigenvalue weighted by Crippen LogP contribution is -2.48. The molecule has 3 aromatic rings. The van der Waals surface area contributed by atoms with Gasteiger partial charge in [-0.2, -0.15) is 0 Å². The molecule has 0 bridgehead atoms. The number of aromatic nitrogens is 2. The molecule has 0 spiro atoms. The number of carbonyl (C=O) groups excluding carboxylic acids is 1. The van der Waals surface area contributed by atoms with E-state index in [0.29, 0.717) is 31.1 Å². The third kappa shape index (κ3) is 4.71. The molecule has 3 heterocycles. The van der Waals surface area contributed by atoms with Gasteiger partial charge in [0.1, 0.15) is 17.7 Å². The number of hydrogen-bond acceptors (Lipinski definition) is 7. The highest BCUT2D eigenvalue weighted by molar-refractivity contribution is 5.92. The molecule has 0 saturated carbocycles. The Balaban J connectivity index is 1.43. The quantitative estimate of drug-likeness (QED) is 0.627. The predicted molar refractivity (Wildman–Crippen MR) is 125 cm³/mol. The largest absolute Gasteiger partial charge is 0.507 e. The minimum absolute atomic E-state index is 0.0439. The number of aromatic hydroxyl groups is 1. The Labute approximate surface area is 192 Å². The van der Waals surface area contributed by atoms with Crippen LogP contribution in [-0.2, 0) is 9.47 Å². The summed E-state index contributed by atoms with van der Waals surface area (Å²) < 4.78 is 10.8. The highest BCUT2D eigenvalue weighted by atomic mass is 16.6. The van der Waals surface area contributed by atoms with Crippen molar-refractivity contribution in [3.63, 3.8) is 0 Å². The smallest absolute Gasteiger partial charge is 0.407 e. The van der Waals surface area contributed by atoms with Crippen molar-refractivity contribution in [3.05, 3.63) is 48.0 Å². The van der Waals surface area contributed by atoms with Crippen molar-refractivity contribution in [1.29, 1.82) is 0 Å². The fourth-order valence-electron chi connectivity index (χ4n) is 4.49. The molecule has 5 rings (SSSR count). The lowest BCUT2D eigenvalue weighted by molar-refractivity contribution is 0.0803. The molecule has 2 aromatic carbocycles. The van der Waals surface area contributed by atoms with Crippen molar-refractivity contribution in [2.75, 3.05) is 31.2 Å². The van der Waals surface area contributed by atoms with Crippen LogP contribution in [0.3, 0.4) is 0 Å². The van der Waals surface area contributed by atoms with Crippen molar-refractivity contribution < 1.29 is 19.4 Å². The average Bonchev–Trinajstić information content (AvgIpc) is 3.31. The second-order valence-corrected chi connectivity index (χ2v) is 8.73. The number of ether oxygens (including phenoxy) is 2. The van der Waals surface area contributed by atoms with E-state index in [4.69, 9.17) is 19.4 Å². The molecule has 2 atom stereocenters. The molecule has 33 heavy (non-hydrogen) atoms. The van der Waals surface area contributed by atoms with Crippen LogP contribution in [0.5, 0.6) is 5.75 Å². The minimum Gasteiger partial charge on any atom is -0.507 e. The Bertz CT molecular complexity index is 1160. The number of alkyl carbamates (subject to hydrolysis) is 1. The summed E-state index contributed by atoms with van der Waals surface area (Å²) in [5.74, 6) is 1.44. The molecule has 0 unspecified atom stereocenters. The first kappa shape index (κ1) is 21.5. The maximum Gasteiger partial charge on any atom is 0.407 e. The monoisotopic (exact) mass is 448 g/mol. The molecule has 2 aliphatic heterocycles. The zero-order valence-electron chi connectivity index (χ0n) is 18.7. The summed E-state index contributed by atoms with van der Waals surface area (Å²) in [4.78, 5) is 24.2. The van der Waals surface area contributed by atoms with Crippen LogP contribution in [0.2, 0.25) is 0 Å². The molecular weight excluding hydrogens is 420 g/mol. The zero-order valence-corrected chi connectivity index (χ0v) is 18.7. The third-order valence-corrected chi connectivity index (χ3v) is 6.18. The molecule has 2 saturated heterocycles. The summed E-state index contributed by atoms with van der Waals surface area (Å²) >= 11 is 0. The van der Waals surface area contributed by atoms with Gasteiger partial charge in [-0.25, -0.2) is 14.8 Å². The molecular formula is C25H28N4O4. The van der Waals surface area contributed by atoms with Gasteiger partial charge >= 0.3 is 6.09 Å². The standard InChI is InChI=1S/C25H28N4O4/c1-16-8-9-19-21(13-16)27-23(20-6-2-3-7-22(20)30)28-24(19)29-11-4-5-17(14-29)26-25(31)33-18-10-12-32-15-18/h2-3,6-9,13,17-18,30H,4-5,10-12,14-15H2,1H3,(H,26,31)/t17-,18+/m0/s1. The van der Waals surface area contributed by atoms with Crippen LogP contribution in [0.25, 0.3) is 22.3 Å². The van der Waals surface area contributed by atoms with E-state index in [1.807, 2.05) is 31.2 Å². The SMILES string of the molecule is Cc1ccc2c(N3CCC[C@H](NC(=O)O[C@@H]4CCOC4)C3)nc(-c3ccccc3O)nc2c1. The van der Waals surface area contributed by atoms with E-state index in [2.05, 4.69) is 16.3 Å². The third-order valence-electron chi connectivity index (χ3n) is 6.18. The Morgan fingerprint density at radius 2 is 2.09 bits per heavy atom. The topological polar surface area (TPSA) is 96.8 Å². The molecule has 0 aliphatic carbocycles. The number of anilines is 1. The number of benzene rings is 2. The molecule has 172 valence electrons. The van der Waals surface area contributed by atoms with E-state index >= 15 is 0 Å². The lowest BCUT2D eigenvalue weighted by atomic mass is 10.0. The number of phenols is 1. The van der Waals surface area contributed by atoms with Gasteiger partial charge in [0.05, 0.1) is 24.3 Å². The molecule has 1 aromatic heterocycles. The van der Waals surface area contributed by atoms with Crippen LogP contribution >= 0.6 is 0 Å². The van der Waals surface area contributed by atoms with E-state index in [0.717, 1.165) is 48.1 Å². The maximum absolute atomic E-state index is 12.4. The fourth-order valence-corrected chi connectivity index (χ4v) is 4.49. The van der Waals surface area contributed by atoms with Gasteiger partial charge in [-0.1, -0.05) is 18.2 Å². The van der Waals surface area contributed by atoms with Gasteiger partial charge in [0.25, 0.3) is 0 Å². The Hall–Kier alpha value is -3.39. The van der Waals surface area contributed by atoms with Crippen LogP contribution in [0.1, 0.15) is 24.8 Å². The summed E-state index contributed by atoms with van der Waals surface area (Å²) in [7, 11) is 0. The van der Waals surface area contributed by atoms with Crippen LogP contribution < -0.4 is 10.2 Å². The normalized spacial score (nSPS) is 20.7. The van der Waals surface area contributed by atoms with Crippen molar-refractivity contribution in [2.45, 2.75) is 38.3 Å². The molecule has 0 radical (unpaired) electrons. The van der Waals surface area contributed by atoms with Crippen molar-refractivity contribution in [3.8, 4) is 17.1 Å². The first-order valence-electron chi connectivity index (χ1n) is 11.4. The zero-order chi connectivity index (χ0) is 22.8. The number of nitrogens with one attached hydrogen (secondary N) is 1. The highest BCUT2D eigenvalue weighted by Crippen LogP contribution is 2.33. The molecule has 8 nitrogen and oxygen atoms in total. The number of para-hydroxylation sites is 1. The minimum atomic E-state index is -0.393. The van der Waals surface area contributed by atoms with E-state index in [9.17, 15) is 9.90 Å². The summed E-state index contributed by atoms with van der Waals surface area (Å²) in [6.07, 6.45) is 1.98. The summed E-state index contributed by atoms with van der Waals surface area (Å²) in [6.45, 7) is 4.57. The molecule has 2 aliphatic rings. The molecule has 2 fully saturated rings. The number of rotatable bonds is 4. The summed E-state index contributed by atoms with van der Waals surface area (Å²) in [5, 5.41) is 14.4. The second kappa shape index (κ2) is 9.23. The highest BCUT2D eigenvalue weighted by Gasteiger charge is 2.27. The number of amides is 1. The van der Waals surface area contributed by atoms with Crippen LogP contribution in [-0.4, -0.2) is 59.6 Å². The Kier molecular flexibility index (Phi) is 6.00. The molecule has 2 N–H and O–H groups in total. The second-order valence-electron chi connectivity index (χ2n) is 8.73. The average molecular weight is 449 g/mol. The number of piperidine rings is 1. The van der Waals surface area contributed by atoms with Gasteiger partial charge in [0, 0.05) is 30.9 Å². The number of fused-ring (bicyclic) bond motifs is 1. The van der Waals surface area contributed by atoms with Crippen molar-refractivity contribution in [1.82, 2.24) is 15.3 Å². The maximum atomic E-state index is 12.4. The van der Waals surface area contributed by atoms with Gasteiger partial charge in [-0.15, -0.1) is 0 Å². The van der Waals surface area contributed by atoms with Crippen LogP contribution in [0, 0.1) is 6.92 Å². The fraction of sp³-hybridized carbons (Fsp3) is 0.400. The summed E-state index contributed by atoms with van der Waals surface area (Å²) in [6, 6.07) is 13.2. The number of phenolic OH excluding ortho intramolecular Hbond substituents is 1. The first-order valence-corrected chi connectivity index (χ1v) is 11.4. The van der Waals surface area contributed by atoms with Gasteiger partial charge < -0.3 is 24.8 Å². The van der Waals surface area contributed by atoms with Crippen molar-refractivity contribution >= 4 is 22.8 Å². The van der Waals surface area contributed by atoms with Crippen molar-refractivity contribution in [2.24, 2.45) is 0 Å². The van der Waals surface area contributed by atoms with Gasteiger partial charge in [0.15, 0.2) is 5.82 Å². The van der Waals surface area contributed by atoms with E-state index in [1.165, 1.54) is 0 Å². The number of nitrogens with zero attached hydrogens (tertiary/aromatic N) is 3. The Morgan fingerprint density at radius 3 is 2.91 bits per heavy atom. The number of hydrogen-bond donors (Lipinski definition) is 2. The Morgan fingerprint density at radius 1 is 1.21 bits per heavy atom. The van der Waals surface area contributed by atoms with Gasteiger partial charge in [-0.3, -0.25) is 0 Å². The predicted octanol–water partition coefficient (Wildman–Crippen LogP) is 3.79. The van der Waals surface area contributed by atoms with E-state index in [-0.39, 0.29) is 17.9 Å². The van der Waals surface area contributed by atoms with E-state index < -0.39 is 6.09 Å². The lowest BCUT2D eigenvalue weighted by Gasteiger charge is -2.34. The first-order chi connectivity index (χ1) is 16.1. The summed E-state index contributed by atoms with van der Waals surface area (Å²) in [5.41, 5.74) is 2.53. The van der Waals surface area contributed by atoms with Gasteiger partial charge in [-0.05, 0) is 49.6 Å². The molecule has 1 amide bonds. The van der Waals surface area contributed by atoms with Crippen LogP contribution in [0.4, 0.5) is 10.6 Å². The molecule has 8 heteroatoms. The number of carbonyl (C=O) groups is 1. The van der Waals surface area contributed by atoms with Crippen LogP contribution in [0.15, 0.2) is 42.5 Å². The van der Waals surface area contributed by atoms with E-state index in [1.54, 1.807) is 12.1 Å². The van der Waals surface area contributed by atoms with Gasteiger partial charge in [0.2, 0.25) is 0 Å².